The van der Waals surface area contributed by atoms with E-state index >= 15 is 0 Å². The lowest BCUT2D eigenvalue weighted by atomic mass is 10.5. The van der Waals surface area contributed by atoms with Crippen LogP contribution in [0.25, 0.3) is 11.1 Å². The van der Waals surface area contributed by atoms with Crippen LogP contribution in [0.1, 0.15) is 0 Å². The van der Waals surface area contributed by atoms with Crippen molar-refractivity contribution in [3.05, 3.63) is 24.0 Å². The minimum atomic E-state index is -0.0741. The number of hydrogen-bond acceptors (Lipinski definition) is 2. The molecule has 0 fully saturated rings. The Hall–Kier alpha value is -0.865. The molecular weight excluding hydrogens is 134 g/mol. The minimum absolute atomic E-state index is 0. The van der Waals surface area contributed by atoms with Gasteiger partial charge in [-0.2, -0.15) is 0 Å². The Morgan fingerprint density at radius 3 is 2.00 bits per heavy atom. The van der Waals surface area contributed by atoms with Crippen molar-refractivity contribution in [2.75, 3.05) is 0 Å². The summed E-state index contributed by atoms with van der Waals surface area (Å²) in [5, 5.41) is 14.0. The maximum absolute atomic E-state index is 12.1. The summed E-state index contributed by atoms with van der Waals surface area (Å²) in [5.41, 5.74) is 1.87. The van der Waals surface area contributed by atoms with Crippen molar-refractivity contribution in [1.82, 2.24) is 0 Å². The molecule has 0 atom stereocenters. The van der Waals surface area contributed by atoms with E-state index in [4.69, 9.17) is 10.0 Å². The third kappa shape index (κ3) is 1.34. The average Bonchev–Trinajstić information content (AvgIpc) is 2.57. The zero-order valence-electron chi connectivity index (χ0n) is 5.08. The Labute approximate surface area is 58.2 Å². The Balaban J connectivity index is 0.000000148. The fraction of sp³-hybridized carbons (Fsp3) is 0. The van der Waals surface area contributed by atoms with Crippen molar-refractivity contribution in [1.29, 1.82) is 0 Å². The van der Waals surface area contributed by atoms with Gasteiger partial charge in [0.05, 0.1) is 0 Å². The van der Waals surface area contributed by atoms with E-state index in [2.05, 4.69) is 0 Å². The van der Waals surface area contributed by atoms with E-state index in [9.17, 15) is 4.39 Å². The molecule has 1 radical (unpaired) electrons. The quantitative estimate of drug-likeness (QED) is 0.515. The highest BCUT2D eigenvalue weighted by Crippen LogP contribution is 2.36. The molecule has 4 heteroatoms. The molecule has 0 saturated carbocycles. The van der Waals surface area contributed by atoms with E-state index < -0.39 is 0 Å². The molecule has 0 aromatic carbocycles. The van der Waals surface area contributed by atoms with Crippen LogP contribution in [0.5, 0.6) is 0 Å². The molecule has 0 spiro atoms. The van der Waals surface area contributed by atoms with Crippen molar-refractivity contribution >= 4 is 7.69 Å². The van der Waals surface area contributed by atoms with Gasteiger partial charge in [-0.3, -0.25) is 0 Å². The highest BCUT2D eigenvalue weighted by molar-refractivity contribution is 6.13. The SMILES string of the molecule is Fc1ccc2cc1-2.O[B]O. The molecule has 0 bridgehead atoms. The molecule has 2 rings (SSSR count). The summed E-state index contributed by atoms with van der Waals surface area (Å²) in [5.74, 6) is -0.0741. The van der Waals surface area contributed by atoms with Crippen molar-refractivity contribution in [2.45, 2.75) is 0 Å². The van der Waals surface area contributed by atoms with Gasteiger partial charge in [-0.1, -0.05) is 6.07 Å². The fourth-order valence-electron chi connectivity index (χ4n) is 0.717. The summed E-state index contributed by atoms with van der Waals surface area (Å²) >= 11 is 0. The molecule has 10 heavy (non-hydrogen) atoms. The summed E-state index contributed by atoms with van der Waals surface area (Å²) in [6, 6.07) is 5.10. The largest absolute Gasteiger partial charge is 0.482 e. The van der Waals surface area contributed by atoms with E-state index in [0.717, 1.165) is 11.1 Å². The Kier molecular flexibility index (Phi) is 2.04. The molecule has 0 aromatic rings. The monoisotopic (exact) mass is 139 g/mol. The average molecular weight is 139 g/mol. The third-order valence-corrected chi connectivity index (χ3v) is 1.19. The molecule has 51 valence electrons. The van der Waals surface area contributed by atoms with Crippen LogP contribution in [0.2, 0.25) is 0 Å². The second kappa shape index (κ2) is 2.81. The number of hydrogen-bond donors (Lipinski definition) is 2. The number of halogens is 1. The van der Waals surface area contributed by atoms with Crippen LogP contribution in [0.4, 0.5) is 4.39 Å². The van der Waals surface area contributed by atoms with Crippen LogP contribution in [0.3, 0.4) is 0 Å². The standard InChI is InChI=1S/C6H3F.BH2O2/c7-6-2-1-4-3-5(4)6;2-1-3/h1-3H;2-3H. The second-order valence-electron chi connectivity index (χ2n) is 1.81. The van der Waals surface area contributed by atoms with Crippen LogP contribution in [0, 0.1) is 5.82 Å². The molecule has 0 aromatic heterocycles. The molecule has 2 N–H and O–H groups in total. The molecule has 0 aliphatic heterocycles. The maximum Gasteiger partial charge on any atom is 0.482 e. The van der Waals surface area contributed by atoms with Gasteiger partial charge in [0.1, 0.15) is 5.82 Å². The third-order valence-electron chi connectivity index (χ3n) is 1.19. The van der Waals surface area contributed by atoms with E-state index in [-0.39, 0.29) is 13.5 Å². The summed E-state index contributed by atoms with van der Waals surface area (Å²) in [7, 11) is 0. The Bertz CT molecular complexity index is 239. The van der Waals surface area contributed by atoms with Gasteiger partial charge in [-0.25, -0.2) is 4.39 Å². The highest BCUT2D eigenvalue weighted by atomic mass is 19.1. The van der Waals surface area contributed by atoms with Crippen LogP contribution >= 0.6 is 0 Å². The molecule has 2 aliphatic rings. The van der Waals surface area contributed by atoms with Gasteiger partial charge in [-0.15, -0.1) is 0 Å². The number of fused-ring (bicyclic) bond motifs is 1. The lowest BCUT2D eigenvalue weighted by Gasteiger charge is -1.66. The highest BCUT2D eigenvalue weighted by Gasteiger charge is 2.15. The zero-order valence-corrected chi connectivity index (χ0v) is 5.08. The van der Waals surface area contributed by atoms with E-state index in [1.54, 1.807) is 6.07 Å². The van der Waals surface area contributed by atoms with Gasteiger partial charge in [0.25, 0.3) is 0 Å². The molecular formula is C6H5BFO2. The number of benzene rings is 1. The summed E-state index contributed by atoms with van der Waals surface area (Å²) in [6.45, 7) is 0. The van der Waals surface area contributed by atoms with E-state index in [0.29, 0.717) is 0 Å². The van der Waals surface area contributed by atoms with Crippen LogP contribution in [-0.2, 0) is 0 Å². The Morgan fingerprint density at radius 2 is 1.90 bits per heavy atom. The van der Waals surface area contributed by atoms with Gasteiger partial charge in [0, 0.05) is 5.56 Å². The fourth-order valence-corrected chi connectivity index (χ4v) is 0.717. The first-order chi connectivity index (χ1) is 4.79. The summed E-state index contributed by atoms with van der Waals surface area (Å²) in [4.78, 5) is 0. The first-order valence-electron chi connectivity index (χ1n) is 2.69. The van der Waals surface area contributed by atoms with Gasteiger partial charge in [0.15, 0.2) is 0 Å². The molecule has 0 unspecified atom stereocenters. The zero-order chi connectivity index (χ0) is 7.56. The predicted molar refractivity (Wildman–Crippen MR) is 35.6 cm³/mol. The van der Waals surface area contributed by atoms with Gasteiger partial charge in [0.2, 0.25) is 0 Å². The smallest absolute Gasteiger partial charge is 0.429 e. The van der Waals surface area contributed by atoms with Crippen LogP contribution in [-0.4, -0.2) is 17.7 Å². The second-order valence-corrected chi connectivity index (χ2v) is 1.81. The van der Waals surface area contributed by atoms with Gasteiger partial charge >= 0.3 is 7.69 Å². The first-order valence-corrected chi connectivity index (χ1v) is 2.69. The summed E-state index contributed by atoms with van der Waals surface area (Å²) in [6.07, 6.45) is 0. The topological polar surface area (TPSA) is 40.5 Å². The molecule has 0 heterocycles. The van der Waals surface area contributed by atoms with Crippen molar-refractivity contribution in [2.24, 2.45) is 0 Å². The summed E-state index contributed by atoms with van der Waals surface area (Å²) < 4.78 is 12.1. The Morgan fingerprint density at radius 1 is 1.30 bits per heavy atom. The van der Waals surface area contributed by atoms with E-state index in [1.165, 1.54) is 6.07 Å². The molecule has 0 saturated heterocycles. The van der Waals surface area contributed by atoms with Crippen molar-refractivity contribution in [3.63, 3.8) is 0 Å². The van der Waals surface area contributed by atoms with E-state index in [1.807, 2.05) is 6.07 Å². The normalized spacial score (nSPS) is 9.50. The van der Waals surface area contributed by atoms with Gasteiger partial charge < -0.3 is 10.0 Å². The lowest BCUT2D eigenvalue weighted by Crippen LogP contribution is -1.75. The van der Waals surface area contributed by atoms with Crippen LogP contribution in [0.15, 0.2) is 18.2 Å². The molecule has 0 amide bonds. The predicted octanol–water partition coefficient (Wildman–Crippen LogP) is 0.311. The molecule has 2 aliphatic carbocycles. The van der Waals surface area contributed by atoms with Crippen molar-refractivity contribution < 1.29 is 14.4 Å². The van der Waals surface area contributed by atoms with Crippen LogP contribution < -0.4 is 0 Å². The number of rotatable bonds is 0. The van der Waals surface area contributed by atoms with Gasteiger partial charge in [-0.05, 0) is 17.7 Å². The maximum atomic E-state index is 12.1. The molecule has 2 nitrogen and oxygen atoms in total. The first kappa shape index (κ1) is 7.24. The van der Waals surface area contributed by atoms with Crippen molar-refractivity contribution in [3.8, 4) is 11.1 Å². The minimum Gasteiger partial charge on any atom is -0.429 e. The lowest BCUT2D eigenvalue weighted by molar-refractivity contribution is 0.448.